The van der Waals surface area contributed by atoms with Gasteiger partial charge in [0.15, 0.2) is 0 Å². The number of hydrogen-bond donors (Lipinski definition) is 1. The maximum atomic E-state index is 13.7. The van der Waals surface area contributed by atoms with Gasteiger partial charge >= 0.3 is 0 Å². The number of hydrogen-bond acceptors (Lipinski definition) is 2. The molecule has 0 heterocycles. The van der Waals surface area contributed by atoms with Gasteiger partial charge in [-0.2, -0.15) is 0 Å². The predicted molar refractivity (Wildman–Crippen MR) is 116 cm³/mol. The summed E-state index contributed by atoms with van der Waals surface area (Å²) >= 11 is 0. The molecule has 2 rings (SSSR count). The van der Waals surface area contributed by atoms with Crippen LogP contribution in [-0.2, 0) is 16.0 Å². The number of amides is 2. The summed E-state index contributed by atoms with van der Waals surface area (Å²) in [6.07, 6.45) is -0.0213. The van der Waals surface area contributed by atoms with E-state index in [0.29, 0.717) is 18.7 Å². The van der Waals surface area contributed by atoms with E-state index in [0.717, 1.165) is 16.8 Å². The fourth-order valence-corrected chi connectivity index (χ4v) is 3.43. The van der Waals surface area contributed by atoms with Crippen LogP contribution in [0.5, 0.6) is 0 Å². The molecule has 0 aliphatic rings. The minimum atomic E-state index is -0.388. The van der Waals surface area contributed by atoms with Crippen LogP contribution in [0.1, 0.15) is 63.1 Å². The number of halogens is 1. The van der Waals surface area contributed by atoms with Crippen LogP contribution in [0.25, 0.3) is 0 Å². The Hall–Kier alpha value is -2.69. The number of rotatable bonds is 8. The first-order valence-electron chi connectivity index (χ1n) is 10.1. The van der Waals surface area contributed by atoms with Crippen molar-refractivity contribution < 1.29 is 14.0 Å². The molecular weight excluding hydrogens is 367 g/mol. The zero-order valence-electron chi connectivity index (χ0n) is 18.0. The summed E-state index contributed by atoms with van der Waals surface area (Å²) in [5.74, 6) is -0.189. The van der Waals surface area contributed by atoms with Crippen LogP contribution in [0, 0.1) is 5.82 Å². The van der Waals surface area contributed by atoms with Crippen molar-refractivity contribution in [3.05, 3.63) is 65.0 Å². The van der Waals surface area contributed by atoms with Crippen LogP contribution >= 0.6 is 0 Å². The first-order valence-corrected chi connectivity index (χ1v) is 10.1. The van der Waals surface area contributed by atoms with E-state index in [1.54, 1.807) is 30.0 Å². The van der Waals surface area contributed by atoms with Gasteiger partial charge in [0.1, 0.15) is 5.82 Å². The Bertz CT molecular complexity index is 835. The van der Waals surface area contributed by atoms with Crippen LogP contribution < -0.4 is 10.2 Å². The van der Waals surface area contributed by atoms with Gasteiger partial charge in [0.25, 0.3) is 0 Å². The first kappa shape index (κ1) is 22.6. The lowest BCUT2D eigenvalue weighted by Crippen LogP contribution is -2.39. The number of carbonyl (C=O) groups is 2. The summed E-state index contributed by atoms with van der Waals surface area (Å²) in [4.78, 5) is 26.4. The largest absolute Gasteiger partial charge is 0.354 e. The molecule has 0 aromatic heterocycles. The number of anilines is 1. The summed E-state index contributed by atoms with van der Waals surface area (Å²) in [5, 5.41) is 2.81. The molecular formula is C24H31FN2O2. The van der Waals surface area contributed by atoms with E-state index < -0.39 is 0 Å². The van der Waals surface area contributed by atoms with E-state index in [2.05, 4.69) is 45.1 Å². The highest BCUT2D eigenvalue weighted by molar-refractivity contribution is 5.93. The molecule has 0 unspecified atom stereocenters. The maximum Gasteiger partial charge on any atom is 0.224 e. The SMILES string of the molecule is CC(=O)N(CCNC(=O)Cc1ccccc1F)c1c(C(C)C)cccc1C(C)C. The van der Waals surface area contributed by atoms with Crippen molar-refractivity contribution >= 4 is 17.5 Å². The number of nitrogens with one attached hydrogen (secondary N) is 1. The highest BCUT2D eigenvalue weighted by Gasteiger charge is 2.22. The van der Waals surface area contributed by atoms with E-state index in [1.165, 1.54) is 6.07 Å². The minimum absolute atomic E-state index is 0.0213. The highest BCUT2D eigenvalue weighted by Crippen LogP contribution is 2.35. The average Bonchev–Trinajstić information content (AvgIpc) is 2.66. The number of benzene rings is 2. The van der Waals surface area contributed by atoms with Gasteiger partial charge in [-0.25, -0.2) is 4.39 Å². The molecule has 4 nitrogen and oxygen atoms in total. The van der Waals surface area contributed by atoms with E-state index in [4.69, 9.17) is 0 Å². The van der Waals surface area contributed by atoms with Crippen molar-refractivity contribution in [1.29, 1.82) is 0 Å². The van der Waals surface area contributed by atoms with Gasteiger partial charge in [0.2, 0.25) is 11.8 Å². The maximum absolute atomic E-state index is 13.7. The monoisotopic (exact) mass is 398 g/mol. The molecule has 29 heavy (non-hydrogen) atoms. The van der Waals surface area contributed by atoms with E-state index in [1.807, 2.05) is 6.07 Å². The quantitative estimate of drug-likeness (QED) is 0.695. The molecule has 2 amide bonds. The van der Waals surface area contributed by atoms with Gasteiger partial charge < -0.3 is 10.2 Å². The predicted octanol–water partition coefficient (Wildman–Crippen LogP) is 4.78. The molecule has 0 atom stereocenters. The Kier molecular flexibility index (Phi) is 7.94. The summed E-state index contributed by atoms with van der Waals surface area (Å²) in [7, 11) is 0. The number of nitrogens with zero attached hydrogens (tertiary/aromatic N) is 1. The summed E-state index contributed by atoms with van der Waals surface area (Å²) in [5.41, 5.74) is 3.53. The van der Waals surface area contributed by atoms with Gasteiger partial charge in [-0.3, -0.25) is 9.59 Å². The van der Waals surface area contributed by atoms with E-state index in [9.17, 15) is 14.0 Å². The van der Waals surface area contributed by atoms with Crippen LogP contribution in [-0.4, -0.2) is 24.9 Å². The smallest absolute Gasteiger partial charge is 0.224 e. The Labute approximate surface area is 173 Å². The van der Waals surface area contributed by atoms with Crippen molar-refractivity contribution in [3.63, 3.8) is 0 Å². The third kappa shape index (κ3) is 5.89. The summed E-state index contributed by atoms with van der Waals surface area (Å²) in [6, 6.07) is 12.4. The Morgan fingerprint density at radius 2 is 1.55 bits per heavy atom. The van der Waals surface area contributed by atoms with Gasteiger partial charge in [-0.15, -0.1) is 0 Å². The van der Waals surface area contributed by atoms with Gasteiger partial charge in [0, 0.05) is 20.0 Å². The zero-order valence-corrected chi connectivity index (χ0v) is 18.0. The molecule has 2 aromatic rings. The molecule has 0 saturated carbocycles. The lowest BCUT2D eigenvalue weighted by atomic mass is 9.92. The van der Waals surface area contributed by atoms with Crippen LogP contribution in [0.15, 0.2) is 42.5 Å². The van der Waals surface area contributed by atoms with Gasteiger partial charge in [-0.05, 0) is 34.6 Å². The van der Waals surface area contributed by atoms with Crippen molar-refractivity contribution in [2.24, 2.45) is 0 Å². The van der Waals surface area contributed by atoms with E-state index in [-0.39, 0.29) is 35.9 Å². The molecule has 0 radical (unpaired) electrons. The molecule has 0 aliphatic heterocycles. The van der Waals surface area contributed by atoms with Crippen LogP contribution in [0.2, 0.25) is 0 Å². The molecule has 5 heteroatoms. The van der Waals surface area contributed by atoms with Crippen molar-refractivity contribution in [2.75, 3.05) is 18.0 Å². The highest BCUT2D eigenvalue weighted by atomic mass is 19.1. The summed E-state index contributed by atoms with van der Waals surface area (Å²) < 4.78 is 13.7. The van der Waals surface area contributed by atoms with Crippen molar-refractivity contribution in [3.8, 4) is 0 Å². The zero-order chi connectivity index (χ0) is 21.6. The molecule has 1 N–H and O–H groups in total. The second kappa shape index (κ2) is 10.2. The lowest BCUT2D eigenvalue weighted by Gasteiger charge is -2.29. The molecule has 0 spiro atoms. The topological polar surface area (TPSA) is 49.4 Å². The number of carbonyl (C=O) groups excluding carboxylic acids is 2. The average molecular weight is 399 g/mol. The lowest BCUT2D eigenvalue weighted by molar-refractivity contribution is -0.121. The normalized spacial score (nSPS) is 11.0. The fourth-order valence-electron chi connectivity index (χ4n) is 3.43. The molecule has 0 bridgehead atoms. The Balaban J connectivity index is 2.14. The van der Waals surface area contributed by atoms with E-state index >= 15 is 0 Å². The second-order valence-corrected chi connectivity index (χ2v) is 7.88. The Morgan fingerprint density at radius 3 is 2.07 bits per heavy atom. The molecule has 156 valence electrons. The fraction of sp³-hybridized carbons (Fsp3) is 0.417. The molecule has 2 aromatic carbocycles. The molecule has 0 saturated heterocycles. The van der Waals surface area contributed by atoms with Gasteiger partial charge in [0.05, 0.1) is 12.1 Å². The summed E-state index contributed by atoms with van der Waals surface area (Å²) in [6.45, 7) is 10.6. The minimum Gasteiger partial charge on any atom is -0.354 e. The third-order valence-corrected chi connectivity index (χ3v) is 4.96. The van der Waals surface area contributed by atoms with Crippen molar-refractivity contribution in [1.82, 2.24) is 5.32 Å². The Morgan fingerprint density at radius 1 is 0.966 bits per heavy atom. The molecule has 0 fully saturated rings. The standard InChI is InChI=1S/C24H31FN2O2/c1-16(2)20-10-8-11-21(17(3)4)24(20)27(18(5)28)14-13-26-23(29)15-19-9-6-7-12-22(19)25/h6-12,16-17H,13-15H2,1-5H3,(H,26,29). The second-order valence-electron chi connectivity index (χ2n) is 7.88. The number of para-hydroxylation sites is 1. The molecule has 0 aliphatic carbocycles. The third-order valence-electron chi connectivity index (χ3n) is 4.96. The first-order chi connectivity index (χ1) is 13.7. The van der Waals surface area contributed by atoms with Gasteiger partial charge in [-0.1, -0.05) is 64.1 Å². The van der Waals surface area contributed by atoms with Crippen LogP contribution in [0.4, 0.5) is 10.1 Å². The van der Waals surface area contributed by atoms with Crippen LogP contribution in [0.3, 0.4) is 0 Å². The van der Waals surface area contributed by atoms with Crippen molar-refractivity contribution in [2.45, 2.75) is 52.9 Å².